The Kier molecular flexibility index (Phi) is 3.98. The molecule has 0 atom stereocenters. The lowest BCUT2D eigenvalue weighted by Crippen LogP contribution is -2.05. The molecule has 3 rings (SSSR count). The fourth-order valence-corrected chi connectivity index (χ4v) is 2.54. The van der Waals surface area contributed by atoms with Gasteiger partial charge in [-0.2, -0.15) is 18.2 Å². The number of fused-ring (bicyclic) bond motifs is 1. The predicted octanol–water partition coefficient (Wildman–Crippen LogP) is 3.07. The van der Waals surface area contributed by atoms with Crippen LogP contribution in [0.25, 0.3) is 22.6 Å². The molecule has 0 fully saturated rings. The molecule has 0 aliphatic rings. The molecule has 2 aromatic heterocycles. The summed E-state index contributed by atoms with van der Waals surface area (Å²) in [5.74, 6) is -1.88. The number of nitrogens with zero attached hydrogens (tertiary/aromatic N) is 3. The average molecular weight is 367 g/mol. The molecule has 3 aromatic rings. The number of aromatic hydroxyl groups is 1. The van der Waals surface area contributed by atoms with Crippen LogP contribution in [0.15, 0.2) is 24.3 Å². The molecule has 0 spiro atoms. The molecule has 0 bridgehead atoms. The number of phenols is 1. The Balaban J connectivity index is 2.21. The normalized spacial score (nSPS) is 11.7. The Hall–Kier alpha value is -3.30. The predicted molar refractivity (Wildman–Crippen MR) is 84.1 cm³/mol. The van der Waals surface area contributed by atoms with Crippen LogP contribution in [0.5, 0.6) is 11.6 Å². The Morgan fingerprint density at radius 3 is 2.46 bits per heavy atom. The van der Waals surface area contributed by atoms with Crippen LogP contribution < -0.4 is 4.74 Å². The van der Waals surface area contributed by atoms with Crippen LogP contribution >= 0.6 is 0 Å². The minimum absolute atomic E-state index is 0.0503. The molecule has 0 aliphatic heterocycles. The van der Waals surface area contributed by atoms with E-state index in [1.54, 1.807) is 0 Å². The highest BCUT2D eigenvalue weighted by molar-refractivity contribution is 5.94. The van der Waals surface area contributed by atoms with E-state index in [1.165, 1.54) is 24.8 Å². The zero-order valence-electron chi connectivity index (χ0n) is 13.5. The first-order valence-electron chi connectivity index (χ1n) is 7.18. The zero-order chi connectivity index (χ0) is 19.2. The molecular formula is C16H12F3N3O4. The number of carboxylic acids is 1. The molecule has 2 heterocycles. The minimum atomic E-state index is -4.59. The monoisotopic (exact) mass is 367 g/mol. The first kappa shape index (κ1) is 17.5. The number of methoxy groups -OCH3 is 1. The molecule has 10 heteroatoms. The standard InChI is InChI=1S/C16H12F3N3O4/c1-22-10-6-9(15(24)25)14(26-2)21-12(10)20-13(22)8-4-3-7(5-11(8)23)16(17,18)19/h3-6,23H,1-2H3,(H,24,25). The van der Waals surface area contributed by atoms with Crippen molar-refractivity contribution in [2.24, 2.45) is 7.05 Å². The number of ether oxygens (including phenoxy) is 1. The topological polar surface area (TPSA) is 97.5 Å². The van der Waals surface area contributed by atoms with Crippen LogP contribution in [0.2, 0.25) is 0 Å². The molecule has 1 aromatic carbocycles. The number of aryl methyl sites for hydroxylation is 1. The summed E-state index contributed by atoms with van der Waals surface area (Å²) in [7, 11) is 2.79. The Bertz CT molecular complexity index is 1030. The lowest BCUT2D eigenvalue weighted by molar-refractivity contribution is -0.137. The number of carboxylic acid groups (broad SMARTS) is 1. The van der Waals surface area contributed by atoms with Crippen molar-refractivity contribution >= 4 is 17.1 Å². The van der Waals surface area contributed by atoms with Gasteiger partial charge in [0.25, 0.3) is 0 Å². The van der Waals surface area contributed by atoms with E-state index in [1.807, 2.05) is 0 Å². The van der Waals surface area contributed by atoms with E-state index in [4.69, 9.17) is 4.74 Å². The lowest BCUT2D eigenvalue weighted by Gasteiger charge is -2.10. The van der Waals surface area contributed by atoms with Gasteiger partial charge in [-0.25, -0.2) is 9.78 Å². The van der Waals surface area contributed by atoms with Gasteiger partial charge in [-0.3, -0.25) is 0 Å². The van der Waals surface area contributed by atoms with Gasteiger partial charge in [0.15, 0.2) is 5.65 Å². The molecule has 26 heavy (non-hydrogen) atoms. The summed E-state index contributed by atoms with van der Waals surface area (Å²) >= 11 is 0. The highest BCUT2D eigenvalue weighted by Gasteiger charge is 2.31. The fourth-order valence-electron chi connectivity index (χ4n) is 2.54. The summed E-state index contributed by atoms with van der Waals surface area (Å²) in [5, 5.41) is 19.2. The Labute approximate surface area is 144 Å². The van der Waals surface area contributed by atoms with E-state index in [0.717, 1.165) is 12.1 Å². The number of rotatable bonds is 3. The van der Waals surface area contributed by atoms with E-state index in [-0.39, 0.29) is 28.5 Å². The third-order valence-corrected chi connectivity index (χ3v) is 3.83. The van der Waals surface area contributed by atoms with Crippen molar-refractivity contribution < 1.29 is 32.9 Å². The van der Waals surface area contributed by atoms with Crippen molar-refractivity contribution in [2.45, 2.75) is 6.18 Å². The summed E-state index contributed by atoms with van der Waals surface area (Å²) < 4.78 is 44.6. The van der Waals surface area contributed by atoms with Gasteiger partial charge >= 0.3 is 12.1 Å². The van der Waals surface area contributed by atoms with Gasteiger partial charge in [0, 0.05) is 7.05 Å². The number of alkyl halides is 3. The average Bonchev–Trinajstić information content (AvgIpc) is 2.88. The van der Waals surface area contributed by atoms with Crippen molar-refractivity contribution in [2.75, 3.05) is 7.11 Å². The SMILES string of the molecule is COc1nc2nc(-c3ccc(C(F)(F)F)cc3O)n(C)c2cc1C(=O)O. The van der Waals surface area contributed by atoms with Crippen molar-refractivity contribution in [3.8, 4) is 23.0 Å². The lowest BCUT2D eigenvalue weighted by atomic mass is 10.1. The highest BCUT2D eigenvalue weighted by atomic mass is 19.4. The van der Waals surface area contributed by atoms with Crippen LogP contribution in [-0.2, 0) is 13.2 Å². The maximum Gasteiger partial charge on any atom is 0.416 e. The van der Waals surface area contributed by atoms with Crippen molar-refractivity contribution in [1.29, 1.82) is 0 Å². The molecule has 0 saturated carbocycles. The van der Waals surface area contributed by atoms with Crippen LogP contribution in [-0.4, -0.2) is 37.8 Å². The number of aromatic carboxylic acids is 1. The maximum absolute atomic E-state index is 12.7. The molecule has 0 amide bonds. The first-order valence-corrected chi connectivity index (χ1v) is 7.18. The zero-order valence-corrected chi connectivity index (χ0v) is 13.5. The molecule has 0 radical (unpaired) electrons. The number of benzene rings is 1. The van der Waals surface area contributed by atoms with E-state index in [0.29, 0.717) is 11.6 Å². The quantitative estimate of drug-likeness (QED) is 0.738. The minimum Gasteiger partial charge on any atom is -0.507 e. The second-order valence-corrected chi connectivity index (χ2v) is 5.42. The van der Waals surface area contributed by atoms with Gasteiger partial charge in [0.2, 0.25) is 5.88 Å². The first-order chi connectivity index (χ1) is 12.1. The molecule has 0 aliphatic carbocycles. The van der Waals surface area contributed by atoms with Crippen LogP contribution in [0, 0.1) is 0 Å². The fraction of sp³-hybridized carbons (Fsp3) is 0.188. The largest absolute Gasteiger partial charge is 0.507 e. The van der Waals surface area contributed by atoms with E-state index < -0.39 is 23.5 Å². The third kappa shape index (κ3) is 2.79. The number of hydrogen-bond donors (Lipinski definition) is 2. The number of phenolic OH excluding ortho intramolecular Hbond substituents is 1. The van der Waals surface area contributed by atoms with Crippen LogP contribution in [0.3, 0.4) is 0 Å². The van der Waals surface area contributed by atoms with Crippen molar-refractivity contribution in [3.05, 3.63) is 35.4 Å². The Morgan fingerprint density at radius 2 is 1.92 bits per heavy atom. The van der Waals surface area contributed by atoms with E-state index >= 15 is 0 Å². The van der Waals surface area contributed by atoms with E-state index in [2.05, 4.69) is 9.97 Å². The summed E-state index contributed by atoms with van der Waals surface area (Å²) in [5.41, 5.74) is -0.688. The number of carbonyl (C=O) groups is 1. The third-order valence-electron chi connectivity index (χ3n) is 3.83. The summed E-state index contributed by atoms with van der Waals surface area (Å²) in [4.78, 5) is 19.5. The van der Waals surface area contributed by atoms with Gasteiger partial charge in [-0.15, -0.1) is 0 Å². The van der Waals surface area contributed by atoms with Gasteiger partial charge in [-0.05, 0) is 24.3 Å². The molecule has 7 nitrogen and oxygen atoms in total. The summed E-state index contributed by atoms with van der Waals surface area (Å²) in [6, 6.07) is 3.81. The maximum atomic E-state index is 12.7. The molecule has 0 unspecified atom stereocenters. The summed E-state index contributed by atoms with van der Waals surface area (Å²) in [6.07, 6.45) is -4.59. The smallest absolute Gasteiger partial charge is 0.416 e. The van der Waals surface area contributed by atoms with Crippen LogP contribution in [0.1, 0.15) is 15.9 Å². The van der Waals surface area contributed by atoms with Crippen molar-refractivity contribution in [1.82, 2.24) is 14.5 Å². The van der Waals surface area contributed by atoms with E-state index in [9.17, 15) is 28.2 Å². The molecule has 136 valence electrons. The second kappa shape index (κ2) is 5.90. The highest BCUT2D eigenvalue weighted by Crippen LogP contribution is 2.37. The molecular weight excluding hydrogens is 355 g/mol. The van der Waals surface area contributed by atoms with Gasteiger partial charge in [-0.1, -0.05) is 0 Å². The van der Waals surface area contributed by atoms with Gasteiger partial charge in [0.05, 0.1) is 23.8 Å². The molecule has 2 N–H and O–H groups in total. The number of hydrogen-bond acceptors (Lipinski definition) is 5. The number of imidazole rings is 1. The van der Waals surface area contributed by atoms with Gasteiger partial charge in [0.1, 0.15) is 17.1 Å². The van der Waals surface area contributed by atoms with Crippen molar-refractivity contribution in [3.63, 3.8) is 0 Å². The van der Waals surface area contributed by atoms with Crippen LogP contribution in [0.4, 0.5) is 13.2 Å². The van der Waals surface area contributed by atoms with Gasteiger partial charge < -0.3 is 19.5 Å². The molecule has 0 saturated heterocycles. The second-order valence-electron chi connectivity index (χ2n) is 5.42. The Morgan fingerprint density at radius 1 is 1.23 bits per heavy atom. The number of halogens is 3. The number of aromatic nitrogens is 3. The number of pyridine rings is 1. The summed E-state index contributed by atoms with van der Waals surface area (Å²) in [6.45, 7) is 0.